The predicted octanol–water partition coefficient (Wildman–Crippen LogP) is 0.172. The molecule has 1 aliphatic heterocycles. The summed E-state index contributed by atoms with van der Waals surface area (Å²) in [6.45, 7) is 4.96. The Kier molecular flexibility index (Phi) is 2.79. The molecule has 0 spiro atoms. The van der Waals surface area contributed by atoms with E-state index < -0.39 is 0 Å². The van der Waals surface area contributed by atoms with Gasteiger partial charge in [-0.15, -0.1) is 0 Å². The smallest absolute Gasteiger partial charge is 0.121 e. The lowest BCUT2D eigenvalue weighted by Gasteiger charge is -2.11. The summed E-state index contributed by atoms with van der Waals surface area (Å²) in [6.07, 6.45) is 1.21. The monoisotopic (exact) mass is 196 g/mol. The third kappa shape index (κ3) is 2.10. The first-order chi connectivity index (χ1) is 6.75. The van der Waals surface area contributed by atoms with Crippen molar-refractivity contribution in [3.8, 4) is 0 Å². The molecular formula is C9H16N4O. The van der Waals surface area contributed by atoms with Crippen molar-refractivity contribution in [2.24, 2.45) is 0 Å². The first-order valence-corrected chi connectivity index (χ1v) is 4.95. The summed E-state index contributed by atoms with van der Waals surface area (Å²) in [6, 6.07) is 0.580. The zero-order valence-corrected chi connectivity index (χ0v) is 8.66. The zero-order valence-electron chi connectivity index (χ0n) is 8.66. The molecule has 5 heteroatoms. The Morgan fingerprint density at radius 2 is 2.43 bits per heavy atom. The molecule has 0 aliphatic carbocycles. The number of likely N-dealkylation sites (N-methyl/N-ethyl adjacent to an activating group) is 1. The molecule has 1 unspecified atom stereocenters. The maximum atomic E-state index is 4.63. The third-order valence-electron chi connectivity index (χ3n) is 2.70. The van der Waals surface area contributed by atoms with E-state index in [9.17, 15) is 0 Å². The van der Waals surface area contributed by atoms with Gasteiger partial charge in [0, 0.05) is 19.1 Å². The van der Waals surface area contributed by atoms with Gasteiger partial charge in [-0.2, -0.15) is 0 Å². The second kappa shape index (κ2) is 4.06. The van der Waals surface area contributed by atoms with Gasteiger partial charge in [0.15, 0.2) is 0 Å². The van der Waals surface area contributed by atoms with Crippen LogP contribution in [0.25, 0.3) is 0 Å². The summed E-state index contributed by atoms with van der Waals surface area (Å²) >= 11 is 0. The molecule has 78 valence electrons. The minimum absolute atomic E-state index is 0.580. The molecule has 0 bridgehead atoms. The molecule has 1 aromatic rings. The second-order valence-corrected chi connectivity index (χ2v) is 3.93. The fraction of sp³-hybridized carbons (Fsp3) is 0.778. The van der Waals surface area contributed by atoms with Crippen LogP contribution in [0.4, 0.5) is 0 Å². The van der Waals surface area contributed by atoms with Gasteiger partial charge in [0.1, 0.15) is 11.4 Å². The Bertz CT molecular complexity index is 299. The molecule has 1 atom stereocenters. The van der Waals surface area contributed by atoms with Crippen LogP contribution in [0.1, 0.15) is 17.8 Å². The first kappa shape index (κ1) is 9.61. The van der Waals surface area contributed by atoms with Crippen molar-refractivity contribution in [2.45, 2.75) is 25.9 Å². The highest BCUT2D eigenvalue weighted by molar-refractivity contribution is 5.04. The van der Waals surface area contributed by atoms with Gasteiger partial charge in [0.2, 0.25) is 0 Å². The fourth-order valence-electron chi connectivity index (χ4n) is 1.75. The Morgan fingerprint density at radius 3 is 3.00 bits per heavy atom. The number of nitrogens with one attached hydrogen (secondary N) is 1. The van der Waals surface area contributed by atoms with Crippen LogP contribution >= 0.6 is 0 Å². The number of nitrogens with zero attached hydrogens (tertiary/aromatic N) is 3. The second-order valence-electron chi connectivity index (χ2n) is 3.93. The molecular weight excluding hydrogens is 180 g/mol. The molecule has 0 amide bonds. The van der Waals surface area contributed by atoms with Crippen molar-refractivity contribution in [3.63, 3.8) is 0 Å². The van der Waals surface area contributed by atoms with E-state index in [-0.39, 0.29) is 0 Å². The van der Waals surface area contributed by atoms with Gasteiger partial charge in [-0.3, -0.25) is 0 Å². The molecule has 2 heterocycles. The van der Waals surface area contributed by atoms with Crippen molar-refractivity contribution in [2.75, 3.05) is 20.1 Å². The highest BCUT2D eigenvalue weighted by Gasteiger charge is 2.19. The van der Waals surface area contributed by atoms with E-state index in [2.05, 4.69) is 32.2 Å². The fourth-order valence-corrected chi connectivity index (χ4v) is 1.75. The average molecular weight is 196 g/mol. The molecule has 14 heavy (non-hydrogen) atoms. The van der Waals surface area contributed by atoms with Crippen LogP contribution in [-0.2, 0) is 6.54 Å². The molecule has 1 fully saturated rings. The molecule has 2 rings (SSSR count). The summed E-state index contributed by atoms with van der Waals surface area (Å²) in [4.78, 5) is 2.32. The summed E-state index contributed by atoms with van der Waals surface area (Å²) < 4.78 is 4.63. The normalized spacial score (nSPS) is 23.1. The third-order valence-corrected chi connectivity index (χ3v) is 2.70. The Labute approximate surface area is 83.4 Å². The highest BCUT2D eigenvalue weighted by atomic mass is 16.6. The van der Waals surface area contributed by atoms with Gasteiger partial charge in [0.05, 0.1) is 0 Å². The number of hydrogen-bond donors (Lipinski definition) is 1. The molecule has 0 radical (unpaired) electrons. The summed E-state index contributed by atoms with van der Waals surface area (Å²) in [7, 11) is 2.14. The van der Waals surface area contributed by atoms with Crippen molar-refractivity contribution in [3.05, 3.63) is 11.4 Å². The van der Waals surface area contributed by atoms with E-state index in [0.717, 1.165) is 24.5 Å². The molecule has 1 N–H and O–H groups in total. The summed E-state index contributed by atoms with van der Waals surface area (Å²) in [5, 5.41) is 11.0. The van der Waals surface area contributed by atoms with Gasteiger partial charge in [-0.25, -0.2) is 4.63 Å². The predicted molar refractivity (Wildman–Crippen MR) is 51.8 cm³/mol. The molecule has 1 aliphatic rings. The van der Waals surface area contributed by atoms with Crippen LogP contribution in [0.3, 0.4) is 0 Å². The van der Waals surface area contributed by atoms with Crippen LogP contribution < -0.4 is 5.32 Å². The van der Waals surface area contributed by atoms with Crippen LogP contribution in [0.15, 0.2) is 4.63 Å². The highest BCUT2D eigenvalue weighted by Crippen LogP contribution is 2.07. The van der Waals surface area contributed by atoms with E-state index in [1.54, 1.807) is 0 Å². The van der Waals surface area contributed by atoms with E-state index in [1.807, 2.05) is 6.92 Å². The summed E-state index contributed by atoms with van der Waals surface area (Å²) in [5.74, 6) is 0. The van der Waals surface area contributed by atoms with Crippen LogP contribution in [-0.4, -0.2) is 41.4 Å². The van der Waals surface area contributed by atoms with E-state index in [1.165, 1.54) is 13.0 Å². The lowest BCUT2D eigenvalue weighted by Crippen LogP contribution is -2.31. The van der Waals surface area contributed by atoms with Crippen LogP contribution in [0, 0.1) is 6.92 Å². The van der Waals surface area contributed by atoms with E-state index in [0.29, 0.717) is 6.04 Å². The minimum atomic E-state index is 0.580. The van der Waals surface area contributed by atoms with Crippen molar-refractivity contribution in [1.29, 1.82) is 0 Å². The van der Waals surface area contributed by atoms with Crippen LogP contribution in [0.2, 0.25) is 0 Å². The SMILES string of the molecule is Cc1nonc1CNC1CCN(C)C1. The summed E-state index contributed by atoms with van der Waals surface area (Å²) in [5.41, 5.74) is 1.79. The maximum absolute atomic E-state index is 4.63. The molecule has 0 saturated carbocycles. The first-order valence-electron chi connectivity index (χ1n) is 4.95. The van der Waals surface area contributed by atoms with Gasteiger partial charge >= 0.3 is 0 Å². The van der Waals surface area contributed by atoms with Gasteiger partial charge in [-0.05, 0) is 26.9 Å². The molecule has 1 saturated heterocycles. The largest absolute Gasteiger partial charge is 0.307 e. The van der Waals surface area contributed by atoms with Crippen molar-refractivity contribution >= 4 is 0 Å². The average Bonchev–Trinajstić information content (AvgIpc) is 2.72. The number of aryl methyl sites for hydroxylation is 1. The molecule has 0 aromatic carbocycles. The lowest BCUT2D eigenvalue weighted by molar-refractivity contribution is 0.299. The standard InChI is InChI=1S/C9H16N4O/c1-7-9(12-14-11-7)5-10-8-3-4-13(2)6-8/h8,10H,3-6H2,1-2H3. The maximum Gasteiger partial charge on any atom is 0.121 e. The van der Waals surface area contributed by atoms with Crippen molar-refractivity contribution in [1.82, 2.24) is 20.5 Å². The quantitative estimate of drug-likeness (QED) is 0.747. The topological polar surface area (TPSA) is 54.2 Å². The molecule has 5 nitrogen and oxygen atoms in total. The Balaban J connectivity index is 1.80. The Hall–Kier alpha value is -0.940. The van der Waals surface area contributed by atoms with Gasteiger partial charge in [-0.1, -0.05) is 10.3 Å². The molecule has 1 aromatic heterocycles. The number of rotatable bonds is 3. The van der Waals surface area contributed by atoms with Crippen LogP contribution in [0.5, 0.6) is 0 Å². The zero-order chi connectivity index (χ0) is 9.97. The van der Waals surface area contributed by atoms with Gasteiger partial charge in [0.25, 0.3) is 0 Å². The minimum Gasteiger partial charge on any atom is -0.307 e. The number of aromatic nitrogens is 2. The van der Waals surface area contributed by atoms with Gasteiger partial charge < -0.3 is 10.2 Å². The van der Waals surface area contributed by atoms with Crippen molar-refractivity contribution < 1.29 is 4.63 Å². The van der Waals surface area contributed by atoms with E-state index >= 15 is 0 Å². The van der Waals surface area contributed by atoms with E-state index in [4.69, 9.17) is 0 Å². The Morgan fingerprint density at radius 1 is 1.57 bits per heavy atom. The number of hydrogen-bond acceptors (Lipinski definition) is 5. The lowest BCUT2D eigenvalue weighted by atomic mass is 10.2. The number of likely N-dealkylation sites (tertiary alicyclic amines) is 1.